The molecular weight excluding hydrogens is 1210 g/mol. The monoisotopic (exact) mass is 1290 g/mol. The van der Waals surface area contributed by atoms with Gasteiger partial charge in [0.15, 0.2) is 0 Å². The molecule has 8 aromatic carbocycles. The molecule has 18 nitrogen and oxygen atoms in total. The molecule has 4 saturated heterocycles. The number of anilines is 2. The number of hydrogen-bond acceptors (Lipinski definition) is 16. The molecule has 8 aromatic rings. The molecule has 94 heavy (non-hydrogen) atoms. The van der Waals surface area contributed by atoms with Crippen molar-refractivity contribution in [1.82, 2.24) is 0 Å². The highest BCUT2D eigenvalue weighted by atomic mass is 19.1. The summed E-state index contributed by atoms with van der Waals surface area (Å²) >= 11 is 0. The topological polar surface area (TPSA) is 302 Å². The third-order valence-electron chi connectivity index (χ3n) is 18.7. The van der Waals surface area contributed by atoms with Crippen LogP contribution >= 0.6 is 0 Å². The Bertz CT molecular complexity index is 3580. The molecule has 0 bridgehead atoms. The van der Waals surface area contributed by atoms with Gasteiger partial charge in [0.2, 0.25) is 11.8 Å². The van der Waals surface area contributed by atoms with Crippen LogP contribution in [0.2, 0.25) is 0 Å². The number of phenols is 2. The molecule has 0 spiro atoms. The van der Waals surface area contributed by atoms with Gasteiger partial charge in [-0.1, -0.05) is 133 Å². The maximum atomic E-state index is 13.5. The van der Waals surface area contributed by atoms with Crippen LogP contribution in [0.4, 0.5) is 20.2 Å². The third kappa shape index (κ3) is 14.3. The summed E-state index contributed by atoms with van der Waals surface area (Å²) in [4.78, 5) is 30.3. The first kappa shape index (κ1) is 67.1. The number of carbonyl (C=O) groups excluding carboxylic acids is 2. The number of aliphatic hydroxyl groups is 10. The van der Waals surface area contributed by atoms with Crippen LogP contribution in [-0.4, -0.2) is 135 Å². The summed E-state index contributed by atoms with van der Waals surface area (Å²) in [7, 11) is 0. The number of rotatable bonds is 18. The molecule has 0 saturated carbocycles. The minimum Gasteiger partial charge on any atom is -0.508 e. The van der Waals surface area contributed by atoms with E-state index >= 15 is 0 Å². The molecule has 4 aliphatic heterocycles. The standard InChI is InChI=1S/2C37H38FNO8/c2*38-26-14-10-22(11-15-26)29(41)17-13-25-19-32(43)39(27-4-2-1-3-5-27)33(25)28-16-12-24(18-30(28)42)21-6-8-23(9-7-21)37-36(46)35(45)34(44)31(20-40)47-37/h2*1-12,14-16,18,25,29,31,33-37,40-42,44-46H,13,17,19-20H2/t25-,29+,31-,33+,34-,35+,36-,37?;25-,29-,31+,33-,34+,35-,36+,37?/m10/s1. The van der Waals surface area contributed by atoms with Crippen molar-refractivity contribution in [2.75, 3.05) is 23.0 Å². The van der Waals surface area contributed by atoms with Crippen LogP contribution in [0.15, 0.2) is 194 Å². The number of para-hydroxylation sites is 2. The summed E-state index contributed by atoms with van der Waals surface area (Å²) in [6.07, 6.45) is -12.1. The van der Waals surface area contributed by atoms with Gasteiger partial charge in [-0.05, 0) is 143 Å². The van der Waals surface area contributed by atoms with E-state index in [1.807, 2.05) is 72.8 Å². The van der Waals surface area contributed by atoms with Crippen molar-refractivity contribution in [1.29, 1.82) is 0 Å². The fraction of sp³-hybridized carbons (Fsp3) is 0.324. The zero-order chi connectivity index (χ0) is 66.5. The van der Waals surface area contributed by atoms with E-state index in [0.29, 0.717) is 81.6 Å². The summed E-state index contributed by atoms with van der Waals surface area (Å²) in [6, 6.07) is 53.5. The lowest BCUT2D eigenvalue weighted by Gasteiger charge is -2.40. The Hall–Kier alpha value is -8.32. The molecule has 2 amide bonds. The molecule has 4 aliphatic rings. The number of benzene rings is 8. The summed E-state index contributed by atoms with van der Waals surface area (Å²) in [5, 5.41) is 125. The molecule has 4 heterocycles. The first-order valence-electron chi connectivity index (χ1n) is 31.4. The number of aliphatic hydroxyl groups excluding tert-OH is 10. The Morgan fingerprint density at radius 3 is 1.10 bits per heavy atom. The average Bonchev–Trinajstić information content (AvgIpc) is 1.54. The number of hydrogen-bond donors (Lipinski definition) is 12. The summed E-state index contributed by atoms with van der Waals surface area (Å²) in [5.74, 6) is -1.37. The number of ether oxygens (including phenoxy) is 2. The first-order chi connectivity index (χ1) is 45.3. The normalized spacial score (nSPS) is 26.8. The Labute approximate surface area is 541 Å². The second-order valence-electron chi connectivity index (χ2n) is 24.6. The van der Waals surface area contributed by atoms with Gasteiger partial charge in [-0.15, -0.1) is 0 Å². The fourth-order valence-corrected chi connectivity index (χ4v) is 13.6. The predicted octanol–water partition coefficient (Wildman–Crippen LogP) is 8.64. The highest BCUT2D eigenvalue weighted by Crippen LogP contribution is 2.50. The molecule has 4 fully saturated rings. The van der Waals surface area contributed by atoms with Crippen molar-refractivity contribution in [2.45, 2.75) is 124 Å². The molecule has 16 atom stereocenters. The van der Waals surface area contributed by atoms with Crippen molar-refractivity contribution >= 4 is 23.2 Å². The number of nitrogens with zero attached hydrogens (tertiary/aromatic N) is 2. The highest BCUT2D eigenvalue weighted by Gasteiger charge is 2.47. The quantitative estimate of drug-likeness (QED) is 0.0383. The molecule has 0 radical (unpaired) electrons. The number of amides is 2. The lowest BCUT2D eigenvalue weighted by Crippen LogP contribution is -2.55. The van der Waals surface area contributed by atoms with Gasteiger partial charge in [0.05, 0.1) is 37.5 Å². The minimum atomic E-state index is -1.48. The zero-order valence-electron chi connectivity index (χ0n) is 51.0. The van der Waals surface area contributed by atoms with E-state index in [4.69, 9.17) is 9.47 Å². The summed E-state index contributed by atoms with van der Waals surface area (Å²) < 4.78 is 38.2. The Balaban J connectivity index is 0.000000192. The Morgan fingerprint density at radius 2 is 0.766 bits per heavy atom. The number of phenolic OH excluding ortho intramolecular Hbond substituents is 2. The molecule has 492 valence electrons. The van der Waals surface area contributed by atoms with E-state index < -0.39 is 98.5 Å². The molecule has 20 heteroatoms. The molecule has 12 N–H and O–H groups in total. The highest BCUT2D eigenvalue weighted by molar-refractivity contribution is 5.98. The van der Waals surface area contributed by atoms with E-state index in [1.54, 1.807) is 107 Å². The van der Waals surface area contributed by atoms with Crippen molar-refractivity contribution in [3.05, 3.63) is 239 Å². The number of aromatic hydroxyl groups is 2. The van der Waals surface area contributed by atoms with Crippen LogP contribution in [0.1, 0.15) is 108 Å². The van der Waals surface area contributed by atoms with E-state index in [2.05, 4.69) is 0 Å². The van der Waals surface area contributed by atoms with Crippen molar-refractivity contribution in [2.24, 2.45) is 11.8 Å². The van der Waals surface area contributed by atoms with Gasteiger partial charge in [-0.25, -0.2) is 8.78 Å². The van der Waals surface area contributed by atoms with E-state index in [9.17, 15) is 79.6 Å². The van der Waals surface area contributed by atoms with Gasteiger partial charge >= 0.3 is 0 Å². The molecular formula is C74H76F2N2O16. The molecule has 0 aliphatic carbocycles. The van der Waals surface area contributed by atoms with Crippen LogP contribution in [0, 0.1) is 23.5 Å². The second-order valence-corrected chi connectivity index (χ2v) is 24.6. The van der Waals surface area contributed by atoms with E-state index in [-0.39, 0.29) is 59.6 Å². The van der Waals surface area contributed by atoms with Crippen molar-refractivity contribution < 1.29 is 89.1 Å². The van der Waals surface area contributed by atoms with Crippen LogP contribution in [-0.2, 0) is 19.1 Å². The Morgan fingerprint density at radius 1 is 0.426 bits per heavy atom. The van der Waals surface area contributed by atoms with Gasteiger partial charge in [0, 0.05) is 35.3 Å². The zero-order valence-corrected chi connectivity index (χ0v) is 51.0. The Kier molecular flexibility index (Phi) is 21.1. The smallest absolute Gasteiger partial charge is 0.227 e. The van der Waals surface area contributed by atoms with Crippen molar-refractivity contribution in [3.63, 3.8) is 0 Å². The molecule has 12 rings (SSSR count). The lowest BCUT2D eigenvalue weighted by atomic mass is 9.86. The number of carbonyl (C=O) groups is 2. The van der Waals surface area contributed by atoms with Crippen LogP contribution in [0.25, 0.3) is 22.3 Å². The second kappa shape index (κ2) is 29.5. The average molecular weight is 1290 g/mol. The van der Waals surface area contributed by atoms with Gasteiger partial charge in [-0.3, -0.25) is 9.59 Å². The van der Waals surface area contributed by atoms with Gasteiger partial charge in [0.1, 0.15) is 84.2 Å². The third-order valence-corrected chi connectivity index (χ3v) is 18.7. The van der Waals surface area contributed by atoms with Gasteiger partial charge in [0.25, 0.3) is 0 Å². The van der Waals surface area contributed by atoms with Crippen molar-refractivity contribution in [3.8, 4) is 33.8 Å². The van der Waals surface area contributed by atoms with Crippen LogP contribution < -0.4 is 9.80 Å². The summed E-state index contributed by atoms with van der Waals surface area (Å²) in [5.41, 5.74) is 7.73. The van der Waals surface area contributed by atoms with E-state index in [0.717, 1.165) is 11.1 Å². The molecule has 0 aromatic heterocycles. The predicted molar refractivity (Wildman–Crippen MR) is 343 cm³/mol. The molecule has 2 unspecified atom stereocenters. The maximum absolute atomic E-state index is 13.5. The SMILES string of the molecule is O=C1C[C@@H](CC[C@H](O)c2ccc(F)cc2)[C@@H](c2ccc(-c3ccc(C4O[C@H](CO)[C@@H](O)[C@H](O)[C@H]4O)cc3)cc2O)N1c1ccccc1.O=C1C[C@H](CC[C@H](O)c2ccc(F)cc2)[C@@H](c2ccc(-c3ccc(C4O[C@H](CO)[C@@H](O)[C@H](O)[C@H]4O)cc3)cc2O)N1c1ccccc1. The first-order valence-corrected chi connectivity index (χ1v) is 31.4. The fourth-order valence-electron chi connectivity index (χ4n) is 13.6. The van der Waals surface area contributed by atoms with Crippen LogP contribution in [0.3, 0.4) is 0 Å². The largest absolute Gasteiger partial charge is 0.508 e. The van der Waals surface area contributed by atoms with E-state index in [1.165, 1.54) is 24.3 Å². The lowest BCUT2D eigenvalue weighted by molar-refractivity contribution is -0.231. The van der Waals surface area contributed by atoms with Gasteiger partial charge in [-0.2, -0.15) is 0 Å². The maximum Gasteiger partial charge on any atom is 0.227 e. The number of halogens is 2. The van der Waals surface area contributed by atoms with Crippen LogP contribution in [0.5, 0.6) is 11.5 Å². The minimum absolute atomic E-state index is 0.00484. The summed E-state index contributed by atoms with van der Waals surface area (Å²) in [6.45, 7) is -1.04. The van der Waals surface area contributed by atoms with Gasteiger partial charge < -0.3 is 80.6 Å².